The molecule has 1 aromatic heterocycles. The molecule has 0 spiro atoms. The van der Waals surface area contributed by atoms with Crippen LogP contribution in [0, 0.1) is 11.8 Å². The average molecular weight is 705 g/mol. The van der Waals surface area contributed by atoms with Crippen LogP contribution in [0.5, 0.6) is 17.2 Å². The highest BCUT2D eigenvalue weighted by Crippen LogP contribution is 2.38. The zero-order chi connectivity index (χ0) is 33.8. The van der Waals surface area contributed by atoms with Gasteiger partial charge in [-0.2, -0.15) is 8.78 Å². The van der Waals surface area contributed by atoms with Crippen molar-refractivity contribution < 1.29 is 37.3 Å². The molecule has 3 aromatic rings. The van der Waals surface area contributed by atoms with Crippen molar-refractivity contribution in [1.82, 2.24) is 14.8 Å². The minimum atomic E-state index is -3.05. The van der Waals surface area contributed by atoms with Crippen LogP contribution in [-0.4, -0.2) is 79.7 Å². The monoisotopic (exact) mass is 703 g/mol. The molecule has 1 atom stereocenters. The summed E-state index contributed by atoms with van der Waals surface area (Å²) in [5.41, 5.74) is 1.50. The van der Waals surface area contributed by atoms with Crippen molar-refractivity contribution in [3.05, 3.63) is 81.1 Å². The molecule has 13 heteroatoms. The van der Waals surface area contributed by atoms with E-state index in [1.54, 1.807) is 23.1 Å². The maximum Gasteiger partial charge on any atom is 0.387 e. The summed E-state index contributed by atoms with van der Waals surface area (Å²) >= 11 is 12.9. The molecule has 6 rings (SSSR count). The van der Waals surface area contributed by atoms with E-state index in [4.69, 9.17) is 42.1 Å². The highest BCUT2D eigenvalue weighted by molar-refractivity contribution is 6.35. The van der Waals surface area contributed by atoms with Crippen LogP contribution < -0.4 is 14.2 Å². The smallest absolute Gasteiger partial charge is 0.387 e. The molecule has 2 aliphatic carbocycles. The van der Waals surface area contributed by atoms with E-state index in [-0.39, 0.29) is 39.4 Å². The minimum Gasteiger partial charge on any atom is -0.492 e. The number of esters is 1. The first kappa shape index (κ1) is 34.2. The summed E-state index contributed by atoms with van der Waals surface area (Å²) < 4.78 is 49.3. The SMILES string of the molecule is CN1CCN(C(=O)c2ccc(C(=O)O[C@@H](Cc3c(Cl)cncc3Cl)c3ccc(OC(F)F)c(OCC4CC4)c3)cc2OCC2CC2)CC1. The second-order valence-corrected chi connectivity index (χ2v) is 13.4. The van der Waals surface area contributed by atoms with Gasteiger partial charge in [0.15, 0.2) is 11.5 Å². The summed E-state index contributed by atoms with van der Waals surface area (Å²) in [6, 6.07) is 9.12. The van der Waals surface area contributed by atoms with Crippen LogP contribution in [0.15, 0.2) is 48.8 Å². The number of benzene rings is 2. The van der Waals surface area contributed by atoms with Crippen LogP contribution in [0.25, 0.3) is 0 Å². The average Bonchev–Trinajstić information content (AvgIpc) is 4.00. The minimum absolute atomic E-state index is 0.0497. The normalized spacial score (nSPS) is 17.2. The van der Waals surface area contributed by atoms with Crippen molar-refractivity contribution in [2.24, 2.45) is 11.8 Å². The predicted molar refractivity (Wildman–Crippen MR) is 175 cm³/mol. The first-order chi connectivity index (χ1) is 23.1. The van der Waals surface area contributed by atoms with Crippen LogP contribution in [0.3, 0.4) is 0 Å². The van der Waals surface area contributed by atoms with Crippen molar-refractivity contribution in [3.8, 4) is 17.2 Å². The maximum absolute atomic E-state index is 13.8. The zero-order valence-corrected chi connectivity index (χ0v) is 28.0. The first-order valence-corrected chi connectivity index (χ1v) is 16.8. The quantitative estimate of drug-likeness (QED) is 0.164. The fourth-order valence-corrected chi connectivity index (χ4v) is 5.90. The highest BCUT2D eigenvalue weighted by atomic mass is 35.5. The molecular formula is C35H37Cl2F2N3O6. The Bertz CT molecular complexity index is 1610. The van der Waals surface area contributed by atoms with Crippen molar-refractivity contribution in [2.75, 3.05) is 46.4 Å². The molecule has 0 radical (unpaired) electrons. The number of aromatic nitrogens is 1. The Kier molecular flexibility index (Phi) is 10.9. The van der Waals surface area contributed by atoms with Gasteiger partial charge in [0.25, 0.3) is 5.91 Å². The van der Waals surface area contributed by atoms with Crippen molar-refractivity contribution >= 4 is 35.1 Å². The molecule has 3 fully saturated rings. The third kappa shape index (κ3) is 8.86. The van der Waals surface area contributed by atoms with Crippen molar-refractivity contribution in [2.45, 2.75) is 44.8 Å². The summed E-state index contributed by atoms with van der Waals surface area (Å²) in [6.45, 7) is 0.462. The topological polar surface area (TPSA) is 90.4 Å². The fraction of sp³-hybridized carbons (Fsp3) is 0.457. The van der Waals surface area contributed by atoms with E-state index in [0.29, 0.717) is 60.6 Å². The van der Waals surface area contributed by atoms with Crippen LogP contribution in [0.1, 0.15) is 63.6 Å². The second-order valence-electron chi connectivity index (χ2n) is 12.6. The third-order valence-corrected chi connectivity index (χ3v) is 9.38. The summed E-state index contributed by atoms with van der Waals surface area (Å²) in [5, 5.41) is 0.544. The summed E-state index contributed by atoms with van der Waals surface area (Å²) in [6.07, 6.45) is 6.05. The number of rotatable bonds is 14. The number of hydrogen-bond donors (Lipinski definition) is 0. The number of amides is 1. The van der Waals surface area contributed by atoms with Gasteiger partial charge in [0.05, 0.1) is 34.4 Å². The predicted octanol–water partition coefficient (Wildman–Crippen LogP) is 7.10. The molecule has 2 aromatic carbocycles. The number of hydrogen-bond acceptors (Lipinski definition) is 8. The Hall–Kier alpha value is -3.67. The Morgan fingerprint density at radius 2 is 1.52 bits per heavy atom. The molecule has 2 heterocycles. The molecule has 48 heavy (non-hydrogen) atoms. The molecule has 3 aliphatic rings. The van der Waals surface area contributed by atoms with Crippen molar-refractivity contribution in [1.29, 1.82) is 0 Å². The highest BCUT2D eigenvalue weighted by Gasteiger charge is 2.29. The van der Waals surface area contributed by atoms with Gasteiger partial charge in [-0.1, -0.05) is 29.3 Å². The molecule has 0 unspecified atom stereocenters. The Morgan fingerprint density at radius 1 is 0.875 bits per heavy atom. The Balaban J connectivity index is 1.29. The Morgan fingerprint density at radius 3 is 2.15 bits per heavy atom. The summed E-state index contributed by atoms with van der Waals surface area (Å²) in [7, 11) is 2.02. The lowest BCUT2D eigenvalue weighted by atomic mass is 10.0. The molecule has 2 saturated carbocycles. The lowest BCUT2D eigenvalue weighted by Crippen LogP contribution is -2.47. The lowest BCUT2D eigenvalue weighted by molar-refractivity contribution is -0.0515. The molecule has 0 N–H and O–H groups in total. The summed E-state index contributed by atoms with van der Waals surface area (Å²) in [5.74, 6) is 0.218. The molecule has 9 nitrogen and oxygen atoms in total. The number of carbonyl (C=O) groups excluding carboxylic acids is 2. The van der Waals surface area contributed by atoms with Gasteiger partial charge in [0.2, 0.25) is 0 Å². The van der Waals surface area contributed by atoms with E-state index in [1.165, 1.54) is 30.6 Å². The van der Waals surface area contributed by atoms with Crippen LogP contribution in [0.2, 0.25) is 10.0 Å². The number of alkyl halides is 2. The molecule has 1 aliphatic heterocycles. The van der Waals surface area contributed by atoms with E-state index in [1.807, 2.05) is 7.05 Å². The maximum atomic E-state index is 13.8. The number of ether oxygens (including phenoxy) is 4. The number of nitrogens with zero attached hydrogens (tertiary/aromatic N) is 3. The van der Waals surface area contributed by atoms with Gasteiger partial charge >= 0.3 is 12.6 Å². The largest absolute Gasteiger partial charge is 0.492 e. The van der Waals surface area contributed by atoms with Gasteiger partial charge < -0.3 is 28.7 Å². The van der Waals surface area contributed by atoms with E-state index >= 15 is 0 Å². The number of carbonyl (C=O) groups is 2. The first-order valence-electron chi connectivity index (χ1n) is 16.1. The van der Waals surface area contributed by atoms with E-state index in [9.17, 15) is 18.4 Å². The van der Waals surface area contributed by atoms with Crippen LogP contribution in [-0.2, 0) is 11.2 Å². The van der Waals surface area contributed by atoms with Gasteiger partial charge in [-0.05, 0) is 86.0 Å². The van der Waals surface area contributed by atoms with Gasteiger partial charge in [-0.15, -0.1) is 0 Å². The van der Waals surface area contributed by atoms with Gasteiger partial charge in [-0.3, -0.25) is 9.78 Å². The van der Waals surface area contributed by atoms with Crippen molar-refractivity contribution in [3.63, 3.8) is 0 Å². The van der Waals surface area contributed by atoms with E-state index in [0.717, 1.165) is 38.8 Å². The summed E-state index contributed by atoms with van der Waals surface area (Å²) in [4.78, 5) is 35.3. The van der Waals surface area contributed by atoms with Gasteiger partial charge in [0.1, 0.15) is 11.9 Å². The molecule has 1 amide bonds. The number of piperazine rings is 1. The Labute approximate surface area is 288 Å². The van der Waals surface area contributed by atoms with E-state index < -0.39 is 18.7 Å². The molecular weight excluding hydrogens is 667 g/mol. The lowest BCUT2D eigenvalue weighted by Gasteiger charge is -2.32. The zero-order valence-electron chi connectivity index (χ0n) is 26.5. The van der Waals surface area contributed by atoms with Crippen LogP contribution >= 0.6 is 23.2 Å². The van der Waals surface area contributed by atoms with Crippen LogP contribution in [0.4, 0.5) is 8.78 Å². The number of likely N-dealkylation sites (N-methyl/N-ethyl adjacent to an activating group) is 1. The standard InChI is InChI=1S/C35H37Cl2F2N3O6/c1-41-10-12-42(13-11-41)33(43)25-8-6-24(15-31(25)45-19-21-2-3-21)34(44)47-30(16-26-27(36)17-40-18-28(26)37)23-7-9-29(48-35(38)39)32(14-23)46-20-22-4-5-22/h6-9,14-15,17-18,21-22,30,35H,2-5,10-13,16,19-20H2,1H3/t30-/m0/s1. The van der Waals surface area contributed by atoms with E-state index in [2.05, 4.69) is 9.88 Å². The second kappa shape index (κ2) is 15.3. The fourth-order valence-electron chi connectivity index (χ4n) is 5.38. The van der Waals surface area contributed by atoms with Gasteiger partial charge in [0, 0.05) is 45.0 Å². The molecule has 0 bridgehead atoms. The van der Waals surface area contributed by atoms with Gasteiger partial charge in [-0.25, -0.2) is 4.79 Å². The molecule has 256 valence electrons. The molecule has 1 saturated heterocycles. The number of halogens is 4. The number of pyridine rings is 1. The third-order valence-electron chi connectivity index (χ3n) is 8.73.